The van der Waals surface area contributed by atoms with E-state index in [1.807, 2.05) is 0 Å². The highest BCUT2D eigenvalue weighted by Crippen LogP contribution is 2.36. The van der Waals surface area contributed by atoms with Crippen LogP contribution in [0.4, 0.5) is 23.1 Å². The fourth-order valence-electron chi connectivity index (χ4n) is 1.48. The van der Waals surface area contributed by atoms with Gasteiger partial charge in [-0.3, -0.25) is 4.79 Å². The van der Waals surface area contributed by atoms with E-state index in [0.717, 1.165) is 11.8 Å². The SMILES string of the molecule is CC(=O)OC1=CCN(C)C(=O)N1c1nnc(C(F)(F)F)s1. The smallest absolute Gasteiger partial charge is 0.409 e. The number of ether oxygens (including phenoxy) is 1. The largest absolute Gasteiger partial charge is 0.445 e. The number of rotatable bonds is 2. The van der Waals surface area contributed by atoms with Crippen LogP contribution in [0.1, 0.15) is 11.9 Å². The summed E-state index contributed by atoms with van der Waals surface area (Å²) in [6.07, 6.45) is -3.27. The molecule has 0 atom stereocenters. The van der Waals surface area contributed by atoms with Crippen molar-refractivity contribution in [3.63, 3.8) is 0 Å². The van der Waals surface area contributed by atoms with Crippen LogP contribution >= 0.6 is 11.3 Å². The minimum absolute atomic E-state index is 0.156. The molecule has 21 heavy (non-hydrogen) atoms. The maximum Gasteiger partial charge on any atom is 0.445 e. The fraction of sp³-hybridized carbons (Fsp3) is 0.400. The van der Waals surface area contributed by atoms with Crippen molar-refractivity contribution in [2.45, 2.75) is 13.1 Å². The third-order valence-electron chi connectivity index (χ3n) is 2.37. The van der Waals surface area contributed by atoms with Gasteiger partial charge >= 0.3 is 18.2 Å². The molecule has 1 aliphatic rings. The molecule has 0 saturated carbocycles. The molecule has 1 aliphatic heterocycles. The Morgan fingerprint density at radius 3 is 2.62 bits per heavy atom. The first-order chi connectivity index (χ1) is 9.70. The molecular formula is C10H9F3N4O3S. The van der Waals surface area contributed by atoms with E-state index in [0.29, 0.717) is 0 Å². The van der Waals surface area contributed by atoms with Crippen LogP contribution in [0.3, 0.4) is 0 Å². The average molecular weight is 322 g/mol. The van der Waals surface area contributed by atoms with Crippen molar-refractivity contribution in [1.29, 1.82) is 0 Å². The molecule has 11 heteroatoms. The Bertz CT molecular complexity index is 613. The zero-order chi connectivity index (χ0) is 15.8. The summed E-state index contributed by atoms with van der Waals surface area (Å²) >= 11 is 0.182. The van der Waals surface area contributed by atoms with E-state index in [9.17, 15) is 22.8 Å². The molecule has 0 aliphatic carbocycles. The number of urea groups is 1. The monoisotopic (exact) mass is 322 g/mol. The van der Waals surface area contributed by atoms with Crippen molar-refractivity contribution in [2.24, 2.45) is 0 Å². The highest BCUT2D eigenvalue weighted by molar-refractivity contribution is 7.15. The summed E-state index contributed by atoms with van der Waals surface area (Å²) in [5, 5.41) is 4.82. The predicted octanol–water partition coefficient (Wildman–Crippen LogP) is 1.83. The standard InChI is InChI=1S/C10H9F3N4O3S/c1-5(18)20-6-3-4-16(2)9(19)17(6)8-15-14-7(21-8)10(11,12)13/h3H,4H2,1-2H3. The molecule has 7 nitrogen and oxygen atoms in total. The first-order valence-corrected chi connectivity index (χ1v) is 6.36. The lowest BCUT2D eigenvalue weighted by atomic mass is 10.4. The van der Waals surface area contributed by atoms with Gasteiger partial charge in [0.05, 0.1) is 0 Å². The Morgan fingerprint density at radius 2 is 2.10 bits per heavy atom. The molecule has 1 aromatic heterocycles. The number of carbonyl (C=O) groups is 2. The molecule has 0 unspecified atom stereocenters. The second kappa shape index (κ2) is 5.31. The van der Waals surface area contributed by atoms with Crippen LogP contribution in [-0.4, -0.2) is 40.7 Å². The third-order valence-corrected chi connectivity index (χ3v) is 3.33. The first-order valence-electron chi connectivity index (χ1n) is 5.54. The molecule has 0 N–H and O–H groups in total. The van der Waals surface area contributed by atoms with E-state index in [-0.39, 0.29) is 28.9 Å². The van der Waals surface area contributed by atoms with Crippen molar-refractivity contribution in [1.82, 2.24) is 15.1 Å². The van der Waals surface area contributed by atoms with Crippen LogP contribution in [0.5, 0.6) is 0 Å². The molecule has 2 amide bonds. The molecule has 2 rings (SSSR count). The van der Waals surface area contributed by atoms with E-state index in [1.165, 1.54) is 18.0 Å². The molecule has 0 spiro atoms. The number of carbonyl (C=O) groups excluding carboxylic acids is 2. The van der Waals surface area contributed by atoms with Gasteiger partial charge in [0.1, 0.15) is 0 Å². The lowest BCUT2D eigenvalue weighted by Gasteiger charge is -2.30. The molecule has 0 aromatic carbocycles. The van der Waals surface area contributed by atoms with Gasteiger partial charge in [0, 0.05) is 20.5 Å². The van der Waals surface area contributed by atoms with Gasteiger partial charge in [-0.15, -0.1) is 10.2 Å². The summed E-state index contributed by atoms with van der Waals surface area (Å²) in [6.45, 7) is 1.27. The van der Waals surface area contributed by atoms with Gasteiger partial charge in [-0.2, -0.15) is 13.2 Å². The fourth-order valence-corrected chi connectivity index (χ4v) is 2.19. The molecule has 0 fully saturated rings. The summed E-state index contributed by atoms with van der Waals surface area (Å²) in [6, 6.07) is -0.668. The second-order valence-corrected chi connectivity index (χ2v) is 4.98. The number of halogens is 3. The first kappa shape index (κ1) is 15.2. The Hall–Kier alpha value is -2.17. The topological polar surface area (TPSA) is 75.6 Å². The van der Waals surface area contributed by atoms with Crippen molar-refractivity contribution in [3.05, 3.63) is 17.0 Å². The third kappa shape index (κ3) is 3.12. The van der Waals surface area contributed by atoms with Gasteiger partial charge in [-0.05, 0) is 6.08 Å². The predicted molar refractivity (Wildman–Crippen MR) is 65.3 cm³/mol. The van der Waals surface area contributed by atoms with Crippen LogP contribution in [0.2, 0.25) is 0 Å². The van der Waals surface area contributed by atoms with Crippen molar-refractivity contribution in [3.8, 4) is 0 Å². The maximum absolute atomic E-state index is 12.5. The quantitative estimate of drug-likeness (QED) is 0.777. The van der Waals surface area contributed by atoms with Crippen molar-refractivity contribution < 1.29 is 27.5 Å². The minimum atomic E-state index is -4.66. The van der Waals surface area contributed by atoms with Gasteiger partial charge in [-0.25, -0.2) is 9.69 Å². The van der Waals surface area contributed by atoms with E-state index < -0.39 is 23.2 Å². The Labute approximate surface area is 120 Å². The molecule has 114 valence electrons. The summed E-state index contributed by atoms with van der Waals surface area (Å²) in [7, 11) is 1.45. The number of esters is 1. The molecule has 0 bridgehead atoms. The summed E-state index contributed by atoms with van der Waals surface area (Å²) in [5.41, 5.74) is 0. The number of nitrogens with zero attached hydrogens (tertiary/aromatic N) is 4. The Balaban J connectivity index is 2.39. The van der Waals surface area contributed by atoms with Crippen molar-refractivity contribution >= 4 is 28.5 Å². The summed E-state index contributed by atoms with van der Waals surface area (Å²) in [5.74, 6) is -0.889. The van der Waals surface area contributed by atoms with Crippen LogP contribution in [0.25, 0.3) is 0 Å². The molecule has 1 aromatic rings. The molecule has 2 heterocycles. The van der Waals surface area contributed by atoms with Crippen molar-refractivity contribution in [2.75, 3.05) is 18.5 Å². The summed E-state index contributed by atoms with van der Waals surface area (Å²) in [4.78, 5) is 25.1. The van der Waals surface area contributed by atoms with Gasteiger partial charge in [0.15, 0.2) is 0 Å². The highest BCUT2D eigenvalue weighted by Gasteiger charge is 2.39. The Morgan fingerprint density at radius 1 is 1.43 bits per heavy atom. The van der Waals surface area contributed by atoms with Crippen LogP contribution in [-0.2, 0) is 15.7 Å². The number of aromatic nitrogens is 2. The zero-order valence-corrected chi connectivity index (χ0v) is 11.7. The average Bonchev–Trinajstić information content (AvgIpc) is 2.82. The number of hydrogen-bond acceptors (Lipinski definition) is 6. The lowest BCUT2D eigenvalue weighted by molar-refractivity contribution is -0.138. The van der Waals surface area contributed by atoms with Crippen LogP contribution < -0.4 is 4.90 Å². The maximum atomic E-state index is 12.5. The summed E-state index contributed by atoms with van der Waals surface area (Å²) < 4.78 is 42.5. The number of anilines is 1. The van der Waals surface area contributed by atoms with E-state index in [4.69, 9.17) is 4.74 Å². The Kier molecular flexibility index (Phi) is 3.85. The normalized spacial score (nSPS) is 16.0. The second-order valence-electron chi connectivity index (χ2n) is 4.02. The van der Waals surface area contributed by atoms with Gasteiger partial charge in [-0.1, -0.05) is 11.3 Å². The number of hydrogen-bond donors (Lipinski definition) is 0. The number of alkyl halides is 3. The molecular weight excluding hydrogens is 313 g/mol. The van der Waals surface area contributed by atoms with Gasteiger partial charge < -0.3 is 9.64 Å². The van der Waals surface area contributed by atoms with E-state index in [2.05, 4.69) is 10.2 Å². The van der Waals surface area contributed by atoms with Crippen LogP contribution in [0, 0.1) is 0 Å². The number of amides is 2. The highest BCUT2D eigenvalue weighted by atomic mass is 32.1. The molecule has 0 radical (unpaired) electrons. The van der Waals surface area contributed by atoms with Gasteiger partial charge in [0.2, 0.25) is 16.0 Å². The van der Waals surface area contributed by atoms with Gasteiger partial charge in [0.25, 0.3) is 0 Å². The van der Waals surface area contributed by atoms with E-state index in [1.54, 1.807) is 0 Å². The molecule has 0 saturated heterocycles. The zero-order valence-electron chi connectivity index (χ0n) is 10.8. The lowest BCUT2D eigenvalue weighted by Crippen LogP contribution is -2.45. The van der Waals surface area contributed by atoms with Crippen LogP contribution in [0.15, 0.2) is 12.0 Å². The number of likely N-dealkylation sites (N-methyl/N-ethyl adjacent to an activating group) is 1. The minimum Gasteiger partial charge on any atom is -0.409 e. The van der Waals surface area contributed by atoms with E-state index >= 15 is 0 Å².